The lowest BCUT2D eigenvalue weighted by molar-refractivity contribution is -0.121. The predicted octanol–water partition coefficient (Wildman–Crippen LogP) is 0.541. The number of aromatic nitrogens is 2. The van der Waals surface area contributed by atoms with Gasteiger partial charge in [-0.05, 0) is 52.1 Å². The SMILES string of the molecule is Cc1[nH]c(=O)[nH]c(=O)c1CCC(=O)NC[C@@H](C)N1CCC(C)CC1. The Kier molecular flexibility index (Phi) is 6.36. The van der Waals surface area contributed by atoms with Gasteiger partial charge in [0.15, 0.2) is 0 Å². The maximum Gasteiger partial charge on any atom is 0.325 e. The number of likely N-dealkylation sites (tertiary alicyclic amines) is 1. The normalized spacial score (nSPS) is 17.6. The van der Waals surface area contributed by atoms with Gasteiger partial charge in [-0.1, -0.05) is 6.92 Å². The van der Waals surface area contributed by atoms with E-state index in [-0.39, 0.29) is 12.3 Å². The molecular formula is C17H28N4O3. The summed E-state index contributed by atoms with van der Waals surface area (Å²) in [6, 6.07) is 0.319. The molecule has 1 aromatic rings. The monoisotopic (exact) mass is 336 g/mol. The number of hydrogen-bond donors (Lipinski definition) is 3. The van der Waals surface area contributed by atoms with Crippen LogP contribution in [0.1, 0.15) is 44.4 Å². The third-order valence-electron chi connectivity index (χ3n) is 4.89. The summed E-state index contributed by atoms with van der Waals surface area (Å²) in [5.74, 6) is 0.721. The highest BCUT2D eigenvalue weighted by atomic mass is 16.2. The van der Waals surface area contributed by atoms with Crippen LogP contribution < -0.4 is 16.6 Å². The fraction of sp³-hybridized carbons (Fsp3) is 0.706. The number of rotatable bonds is 6. The smallest absolute Gasteiger partial charge is 0.325 e. The van der Waals surface area contributed by atoms with Crippen molar-refractivity contribution >= 4 is 5.91 Å². The molecule has 1 saturated heterocycles. The van der Waals surface area contributed by atoms with Gasteiger partial charge >= 0.3 is 5.69 Å². The molecule has 0 radical (unpaired) electrons. The van der Waals surface area contributed by atoms with E-state index in [1.54, 1.807) is 6.92 Å². The second kappa shape index (κ2) is 8.28. The second-order valence-corrected chi connectivity index (χ2v) is 6.88. The number of carbonyl (C=O) groups excluding carboxylic acids is 1. The minimum atomic E-state index is -0.518. The van der Waals surface area contributed by atoms with Crippen LogP contribution in [0.2, 0.25) is 0 Å². The maximum absolute atomic E-state index is 12.0. The van der Waals surface area contributed by atoms with Gasteiger partial charge in [0.25, 0.3) is 5.56 Å². The molecule has 1 atom stereocenters. The zero-order valence-electron chi connectivity index (χ0n) is 14.8. The zero-order chi connectivity index (χ0) is 17.7. The summed E-state index contributed by atoms with van der Waals surface area (Å²) in [5, 5.41) is 2.95. The van der Waals surface area contributed by atoms with Crippen molar-refractivity contribution in [3.8, 4) is 0 Å². The Morgan fingerprint density at radius 1 is 1.29 bits per heavy atom. The topological polar surface area (TPSA) is 98.1 Å². The Morgan fingerprint density at radius 3 is 2.58 bits per heavy atom. The van der Waals surface area contributed by atoms with Crippen LogP contribution in [0.3, 0.4) is 0 Å². The molecule has 7 nitrogen and oxygen atoms in total. The van der Waals surface area contributed by atoms with E-state index in [2.05, 4.69) is 34.0 Å². The molecule has 0 aromatic carbocycles. The lowest BCUT2D eigenvalue weighted by Gasteiger charge is -2.35. The van der Waals surface area contributed by atoms with Gasteiger partial charge in [0, 0.05) is 30.3 Å². The average Bonchev–Trinajstić information content (AvgIpc) is 2.52. The molecule has 0 bridgehead atoms. The van der Waals surface area contributed by atoms with Crippen LogP contribution in [0.25, 0.3) is 0 Å². The quantitative estimate of drug-likeness (QED) is 0.706. The van der Waals surface area contributed by atoms with Gasteiger partial charge in [0.1, 0.15) is 0 Å². The highest BCUT2D eigenvalue weighted by Gasteiger charge is 2.20. The minimum absolute atomic E-state index is 0.0720. The van der Waals surface area contributed by atoms with E-state index < -0.39 is 11.2 Å². The zero-order valence-corrected chi connectivity index (χ0v) is 14.8. The standard InChI is InChI=1S/C17H28N4O3/c1-11-6-8-21(9-7-11)12(2)10-18-15(22)5-4-14-13(3)19-17(24)20-16(14)23/h11-12H,4-10H2,1-3H3,(H,18,22)(H2,19,20,23,24)/t12-/m1/s1. The van der Waals surface area contributed by atoms with Gasteiger partial charge in [-0.15, -0.1) is 0 Å². The van der Waals surface area contributed by atoms with Gasteiger partial charge in [-0.3, -0.25) is 19.5 Å². The lowest BCUT2D eigenvalue weighted by Crippen LogP contribution is -2.45. The molecule has 1 aliphatic heterocycles. The molecule has 0 saturated carbocycles. The third-order valence-corrected chi connectivity index (χ3v) is 4.89. The fourth-order valence-corrected chi connectivity index (χ4v) is 3.11. The van der Waals surface area contributed by atoms with Crippen LogP contribution in [0.5, 0.6) is 0 Å². The Morgan fingerprint density at radius 2 is 1.96 bits per heavy atom. The van der Waals surface area contributed by atoms with E-state index in [0.29, 0.717) is 30.3 Å². The summed E-state index contributed by atoms with van der Waals surface area (Å²) in [6.45, 7) is 8.88. The molecule has 7 heteroatoms. The molecule has 1 fully saturated rings. The van der Waals surface area contributed by atoms with Crippen LogP contribution in [0.15, 0.2) is 9.59 Å². The predicted molar refractivity (Wildman–Crippen MR) is 93.2 cm³/mol. The molecule has 2 heterocycles. The highest BCUT2D eigenvalue weighted by molar-refractivity contribution is 5.76. The van der Waals surface area contributed by atoms with E-state index >= 15 is 0 Å². The van der Waals surface area contributed by atoms with Gasteiger partial charge in [0.05, 0.1) is 0 Å². The number of nitrogens with one attached hydrogen (secondary N) is 3. The van der Waals surface area contributed by atoms with Crippen molar-refractivity contribution in [1.29, 1.82) is 0 Å². The molecule has 134 valence electrons. The first-order valence-corrected chi connectivity index (χ1v) is 8.69. The van der Waals surface area contributed by atoms with Crippen LogP contribution >= 0.6 is 0 Å². The van der Waals surface area contributed by atoms with Crippen LogP contribution in [-0.4, -0.2) is 46.5 Å². The van der Waals surface area contributed by atoms with E-state index in [1.807, 2.05) is 0 Å². The number of nitrogens with zero attached hydrogens (tertiary/aromatic N) is 1. The van der Waals surface area contributed by atoms with Crippen molar-refractivity contribution in [2.24, 2.45) is 5.92 Å². The Labute approximate surface area is 141 Å². The molecule has 1 aliphatic rings. The van der Waals surface area contributed by atoms with E-state index in [0.717, 1.165) is 19.0 Å². The maximum atomic E-state index is 12.0. The fourth-order valence-electron chi connectivity index (χ4n) is 3.11. The van der Waals surface area contributed by atoms with E-state index in [4.69, 9.17) is 0 Å². The summed E-state index contributed by atoms with van der Waals surface area (Å²) in [4.78, 5) is 42.1. The average molecular weight is 336 g/mol. The molecule has 0 unspecified atom stereocenters. The number of hydrogen-bond acceptors (Lipinski definition) is 4. The number of aromatic amines is 2. The van der Waals surface area contributed by atoms with Crippen molar-refractivity contribution in [1.82, 2.24) is 20.2 Å². The minimum Gasteiger partial charge on any atom is -0.355 e. The van der Waals surface area contributed by atoms with Gasteiger partial charge in [-0.2, -0.15) is 0 Å². The number of carbonyl (C=O) groups is 1. The van der Waals surface area contributed by atoms with Gasteiger partial charge in [-0.25, -0.2) is 4.79 Å². The first kappa shape index (κ1) is 18.4. The van der Waals surface area contributed by atoms with Crippen molar-refractivity contribution in [2.75, 3.05) is 19.6 Å². The van der Waals surface area contributed by atoms with Crippen LogP contribution in [0, 0.1) is 12.8 Å². The summed E-state index contributed by atoms with van der Waals surface area (Å²) in [5.41, 5.74) is 0.0467. The van der Waals surface area contributed by atoms with Crippen molar-refractivity contribution in [3.05, 3.63) is 32.1 Å². The van der Waals surface area contributed by atoms with Gasteiger partial charge < -0.3 is 10.3 Å². The first-order valence-electron chi connectivity index (χ1n) is 8.69. The van der Waals surface area contributed by atoms with Crippen LogP contribution in [-0.2, 0) is 11.2 Å². The van der Waals surface area contributed by atoms with Crippen molar-refractivity contribution in [3.63, 3.8) is 0 Å². The molecule has 0 aliphatic carbocycles. The second-order valence-electron chi connectivity index (χ2n) is 6.88. The summed E-state index contributed by atoms with van der Waals surface area (Å²) < 4.78 is 0. The lowest BCUT2D eigenvalue weighted by atomic mass is 9.98. The van der Waals surface area contributed by atoms with Gasteiger partial charge in [0.2, 0.25) is 5.91 Å². The Balaban J connectivity index is 1.78. The first-order chi connectivity index (χ1) is 11.4. The molecule has 24 heavy (non-hydrogen) atoms. The Hall–Kier alpha value is -1.89. The van der Waals surface area contributed by atoms with Crippen molar-refractivity contribution < 1.29 is 4.79 Å². The third kappa shape index (κ3) is 5.06. The molecule has 3 N–H and O–H groups in total. The largest absolute Gasteiger partial charge is 0.355 e. The number of H-pyrrole nitrogens is 2. The molecule has 0 spiro atoms. The summed E-state index contributed by atoms with van der Waals surface area (Å²) >= 11 is 0. The molecular weight excluding hydrogens is 308 g/mol. The molecule has 1 aromatic heterocycles. The number of amides is 1. The summed E-state index contributed by atoms with van der Waals surface area (Å²) in [6.07, 6.45) is 2.98. The van der Waals surface area contributed by atoms with E-state index in [9.17, 15) is 14.4 Å². The van der Waals surface area contributed by atoms with Crippen molar-refractivity contribution in [2.45, 2.75) is 52.5 Å². The molecule has 1 amide bonds. The Bertz CT molecular complexity index is 671. The molecule has 2 rings (SSSR count). The summed E-state index contributed by atoms with van der Waals surface area (Å²) in [7, 11) is 0. The number of aryl methyl sites for hydroxylation is 1. The number of piperidine rings is 1. The highest BCUT2D eigenvalue weighted by Crippen LogP contribution is 2.17. The van der Waals surface area contributed by atoms with Crippen LogP contribution in [0.4, 0.5) is 0 Å². The van der Waals surface area contributed by atoms with E-state index in [1.165, 1.54) is 12.8 Å².